The largest absolute Gasteiger partial charge is 0.207 e. The van der Waals surface area contributed by atoms with Gasteiger partial charge in [-0.25, -0.2) is 4.39 Å². The number of rotatable bonds is 2. The van der Waals surface area contributed by atoms with Crippen LogP contribution in [0.5, 0.6) is 0 Å². The second-order valence-electron chi connectivity index (χ2n) is 4.95. The lowest BCUT2D eigenvalue weighted by molar-refractivity contribution is 0.628. The Kier molecular flexibility index (Phi) is 3.34. The van der Waals surface area contributed by atoms with Gasteiger partial charge in [-0.1, -0.05) is 66.2 Å². The van der Waals surface area contributed by atoms with Crippen molar-refractivity contribution >= 4 is 0 Å². The molecule has 0 aliphatic rings. The van der Waals surface area contributed by atoms with Crippen molar-refractivity contribution in [3.8, 4) is 22.3 Å². The van der Waals surface area contributed by atoms with E-state index in [0.29, 0.717) is 0 Å². The summed E-state index contributed by atoms with van der Waals surface area (Å²) in [7, 11) is 0. The average molecular weight is 262 g/mol. The van der Waals surface area contributed by atoms with Crippen molar-refractivity contribution in [3.63, 3.8) is 0 Å². The molecule has 3 rings (SSSR count). The summed E-state index contributed by atoms with van der Waals surface area (Å²) in [5.41, 5.74) is 5.55. The molecule has 98 valence electrons. The van der Waals surface area contributed by atoms with Gasteiger partial charge in [-0.15, -0.1) is 0 Å². The van der Waals surface area contributed by atoms with E-state index in [1.807, 2.05) is 18.2 Å². The number of hydrogen-bond donors (Lipinski definition) is 0. The molecule has 0 nitrogen and oxygen atoms in total. The van der Waals surface area contributed by atoms with E-state index in [1.165, 1.54) is 22.8 Å². The Labute approximate surface area is 118 Å². The van der Waals surface area contributed by atoms with Crippen molar-refractivity contribution in [1.82, 2.24) is 0 Å². The molecule has 3 aromatic rings. The van der Waals surface area contributed by atoms with E-state index in [4.69, 9.17) is 0 Å². The molecule has 0 heterocycles. The molecule has 0 aliphatic carbocycles. The predicted molar refractivity (Wildman–Crippen MR) is 82.0 cm³/mol. The molecular weight excluding hydrogens is 247 g/mol. The zero-order valence-electron chi connectivity index (χ0n) is 11.3. The molecule has 0 aliphatic heterocycles. The maximum atomic E-state index is 13.2. The van der Waals surface area contributed by atoms with E-state index in [1.54, 1.807) is 12.1 Å². The summed E-state index contributed by atoms with van der Waals surface area (Å²) < 4.78 is 13.2. The van der Waals surface area contributed by atoms with Gasteiger partial charge in [0.2, 0.25) is 0 Å². The molecule has 0 spiro atoms. The molecule has 0 radical (unpaired) electrons. The van der Waals surface area contributed by atoms with Crippen LogP contribution in [0.2, 0.25) is 0 Å². The second-order valence-corrected chi connectivity index (χ2v) is 4.95. The Morgan fingerprint density at radius 3 is 1.65 bits per heavy atom. The van der Waals surface area contributed by atoms with E-state index in [-0.39, 0.29) is 5.82 Å². The van der Waals surface area contributed by atoms with Crippen molar-refractivity contribution in [3.05, 3.63) is 84.2 Å². The summed E-state index contributed by atoms with van der Waals surface area (Å²) in [6, 6.07) is 23.3. The van der Waals surface area contributed by atoms with Gasteiger partial charge >= 0.3 is 0 Å². The van der Waals surface area contributed by atoms with Gasteiger partial charge in [-0.05, 0) is 41.3 Å². The van der Waals surface area contributed by atoms with Gasteiger partial charge in [-0.2, -0.15) is 0 Å². The minimum absolute atomic E-state index is 0.204. The molecule has 3 aromatic carbocycles. The fourth-order valence-corrected chi connectivity index (χ4v) is 2.27. The first-order chi connectivity index (χ1) is 9.72. The molecule has 0 saturated heterocycles. The first kappa shape index (κ1) is 12.6. The average Bonchev–Trinajstić information content (AvgIpc) is 2.48. The summed E-state index contributed by atoms with van der Waals surface area (Å²) in [6.45, 7) is 2.08. The Balaban J connectivity index is 1.93. The number of benzene rings is 3. The van der Waals surface area contributed by atoms with Gasteiger partial charge in [0.1, 0.15) is 5.82 Å². The number of halogens is 1. The highest BCUT2D eigenvalue weighted by Gasteiger charge is 2.01. The van der Waals surface area contributed by atoms with Gasteiger partial charge in [0, 0.05) is 0 Å². The Morgan fingerprint density at radius 1 is 0.600 bits per heavy atom. The zero-order chi connectivity index (χ0) is 13.9. The summed E-state index contributed by atoms with van der Waals surface area (Å²) >= 11 is 0. The van der Waals surface area contributed by atoms with E-state index < -0.39 is 0 Å². The fraction of sp³-hybridized carbons (Fsp3) is 0.0526. The van der Waals surface area contributed by atoms with Crippen molar-refractivity contribution < 1.29 is 4.39 Å². The van der Waals surface area contributed by atoms with Crippen molar-refractivity contribution in [2.75, 3.05) is 0 Å². The SMILES string of the molecule is Cc1ccc(-c2ccc(-c3cccc(F)c3)cc2)cc1. The number of aryl methyl sites for hydroxylation is 1. The van der Waals surface area contributed by atoms with E-state index in [2.05, 4.69) is 43.3 Å². The zero-order valence-corrected chi connectivity index (χ0v) is 11.3. The van der Waals surface area contributed by atoms with E-state index in [9.17, 15) is 4.39 Å². The molecular formula is C19H15F. The van der Waals surface area contributed by atoms with Crippen LogP contribution in [0.15, 0.2) is 72.8 Å². The van der Waals surface area contributed by atoms with Crippen molar-refractivity contribution in [1.29, 1.82) is 0 Å². The van der Waals surface area contributed by atoms with Gasteiger partial charge in [0.25, 0.3) is 0 Å². The molecule has 0 aromatic heterocycles. The summed E-state index contributed by atoms with van der Waals surface area (Å²) in [4.78, 5) is 0. The Bertz CT molecular complexity index is 710. The molecule has 0 N–H and O–H groups in total. The normalized spacial score (nSPS) is 10.5. The minimum atomic E-state index is -0.204. The van der Waals surface area contributed by atoms with Crippen LogP contribution in [-0.4, -0.2) is 0 Å². The van der Waals surface area contributed by atoms with E-state index in [0.717, 1.165) is 11.1 Å². The second kappa shape index (κ2) is 5.30. The lowest BCUT2D eigenvalue weighted by Gasteiger charge is -2.05. The summed E-state index contributed by atoms with van der Waals surface area (Å²) in [6.07, 6.45) is 0. The van der Waals surface area contributed by atoms with Gasteiger partial charge < -0.3 is 0 Å². The molecule has 0 saturated carbocycles. The number of hydrogen-bond acceptors (Lipinski definition) is 0. The lowest BCUT2D eigenvalue weighted by atomic mass is 10.00. The minimum Gasteiger partial charge on any atom is -0.207 e. The highest BCUT2D eigenvalue weighted by atomic mass is 19.1. The third kappa shape index (κ3) is 2.62. The first-order valence-electron chi connectivity index (χ1n) is 6.65. The molecule has 0 atom stereocenters. The highest BCUT2D eigenvalue weighted by molar-refractivity contribution is 5.70. The van der Waals surface area contributed by atoms with Gasteiger partial charge in [0.15, 0.2) is 0 Å². The van der Waals surface area contributed by atoms with Gasteiger partial charge in [0.05, 0.1) is 0 Å². The van der Waals surface area contributed by atoms with Crippen LogP contribution in [-0.2, 0) is 0 Å². The Hall–Kier alpha value is -2.41. The van der Waals surface area contributed by atoms with Crippen LogP contribution in [0.25, 0.3) is 22.3 Å². The maximum absolute atomic E-state index is 13.2. The smallest absolute Gasteiger partial charge is 0.123 e. The maximum Gasteiger partial charge on any atom is 0.123 e. The molecule has 1 heteroatoms. The van der Waals surface area contributed by atoms with Crippen LogP contribution in [0, 0.1) is 12.7 Å². The van der Waals surface area contributed by atoms with Crippen LogP contribution >= 0.6 is 0 Å². The third-order valence-corrected chi connectivity index (χ3v) is 3.43. The van der Waals surface area contributed by atoms with Crippen LogP contribution in [0.4, 0.5) is 4.39 Å². The van der Waals surface area contributed by atoms with Crippen molar-refractivity contribution in [2.24, 2.45) is 0 Å². The quantitative estimate of drug-likeness (QED) is 0.574. The summed E-state index contributed by atoms with van der Waals surface area (Å²) in [5, 5.41) is 0. The standard InChI is InChI=1S/C19H15F/c1-14-5-7-15(8-6-14)16-9-11-17(12-10-16)18-3-2-4-19(20)13-18/h2-13H,1H3. The van der Waals surface area contributed by atoms with Crippen LogP contribution < -0.4 is 0 Å². The molecule has 20 heavy (non-hydrogen) atoms. The molecule has 0 bridgehead atoms. The lowest BCUT2D eigenvalue weighted by Crippen LogP contribution is -1.82. The first-order valence-corrected chi connectivity index (χ1v) is 6.65. The third-order valence-electron chi connectivity index (χ3n) is 3.43. The van der Waals surface area contributed by atoms with Crippen molar-refractivity contribution in [2.45, 2.75) is 6.92 Å². The monoisotopic (exact) mass is 262 g/mol. The Morgan fingerprint density at radius 2 is 1.10 bits per heavy atom. The molecule has 0 unspecified atom stereocenters. The predicted octanol–water partition coefficient (Wildman–Crippen LogP) is 5.47. The topological polar surface area (TPSA) is 0 Å². The summed E-state index contributed by atoms with van der Waals surface area (Å²) in [5.74, 6) is -0.204. The van der Waals surface area contributed by atoms with Crippen LogP contribution in [0.3, 0.4) is 0 Å². The van der Waals surface area contributed by atoms with Crippen LogP contribution in [0.1, 0.15) is 5.56 Å². The van der Waals surface area contributed by atoms with Gasteiger partial charge in [-0.3, -0.25) is 0 Å². The highest BCUT2D eigenvalue weighted by Crippen LogP contribution is 2.25. The fourth-order valence-electron chi connectivity index (χ4n) is 2.27. The molecule has 0 fully saturated rings. The molecule has 0 amide bonds. The van der Waals surface area contributed by atoms with E-state index >= 15 is 0 Å².